The zero-order chi connectivity index (χ0) is 11.4. The van der Waals surface area contributed by atoms with Gasteiger partial charge < -0.3 is 10.5 Å². The molecule has 0 atom stereocenters. The number of benzene rings is 1. The van der Waals surface area contributed by atoms with Gasteiger partial charge in [0.05, 0.1) is 11.1 Å². The topological polar surface area (TPSA) is 35.2 Å². The van der Waals surface area contributed by atoms with Crippen molar-refractivity contribution in [2.24, 2.45) is 0 Å². The molecule has 1 fully saturated rings. The lowest BCUT2D eigenvalue weighted by atomic mass is 10.1. The number of halogens is 1. The minimum absolute atomic E-state index is 0.323. The number of rotatable bonds is 2. The molecule has 0 bridgehead atoms. The normalized spacial score (nSPS) is 18.1. The molecule has 16 heavy (non-hydrogen) atoms. The quantitative estimate of drug-likeness (QED) is 0.625. The van der Waals surface area contributed by atoms with Crippen molar-refractivity contribution >= 4 is 17.3 Å². The van der Waals surface area contributed by atoms with Crippen LogP contribution in [0.1, 0.15) is 38.5 Å². The predicted octanol–water partition coefficient (Wildman–Crippen LogP) is 4.02. The summed E-state index contributed by atoms with van der Waals surface area (Å²) in [5.41, 5.74) is 6.32. The molecular formula is C13H18ClNO. The third kappa shape index (κ3) is 3.05. The van der Waals surface area contributed by atoms with Crippen LogP contribution in [0.15, 0.2) is 18.2 Å². The van der Waals surface area contributed by atoms with Gasteiger partial charge in [0.1, 0.15) is 5.75 Å². The van der Waals surface area contributed by atoms with Crippen LogP contribution in [0.4, 0.5) is 5.69 Å². The average molecular weight is 240 g/mol. The SMILES string of the molecule is Nc1ccc(OC2CCCCCC2)c(Cl)c1. The Kier molecular flexibility index (Phi) is 3.94. The molecule has 0 amide bonds. The molecule has 88 valence electrons. The molecule has 0 radical (unpaired) electrons. The van der Waals surface area contributed by atoms with Crippen LogP contribution in [0.25, 0.3) is 0 Å². The van der Waals surface area contributed by atoms with Gasteiger partial charge in [0.15, 0.2) is 0 Å². The van der Waals surface area contributed by atoms with Gasteiger partial charge in [-0.3, -0.25) is 0 Å². The first-order valence-electron chi connectivity index (χ1n) is 5.97. The highest BCUT2D eigenvalue weighted by Crippen LogP contribution is 2.30. The lowest BCUT2D eigenvalue weighted by Gasteiger charge is -2.17. The Morgan fingerprint density at radius 3 is 2.44 bits per heavy atom. The summed E-state index contributed by atoms with van der Waals surface area (Å²) in [5.74, 6) is 0.766. The third-order valence-electron chi connectivity index (χ3n) is 3.05. The van der Waals surface area contributed by atoms with Crippen molar-refractivity contribution < 1.29 is 4.74 Å². The maximum absolute atomic E-state index is 6.08. The highest BCUT2D eigenvalue weighted by atomic mass is 35.5. The second-order valence-electron chi connectivity index (χ2n) is 4.42. The summed E-state index contributed by atoms with van der Waals surface area (Å²) in [5, 5.41) is 0.615. The number of hydrogen-bond acceptors (Lipinski definition) is 2. The zero-order valence-corrected chi connectivity index (χ0v) is 10.2. The van der Waals surface area contributed by atoms with E-state index in [0.29, 0.717) is 16.8 Å². The van der Waals surface area contributed by atoms with E-state index in [1.807, 2.05) is 12.1 Å². The molecule has 2 nitrogen and oxygen atoms in total. The van der Waals surface area contributed by atoms with Gasteiger partial charge in [-0.1, -0.05) is 24.4 Å². The van der Waals surface area contributed by atoms with Crippen LogP contribution in [0.5, 0.6) is 5.75 Å². The van der Waals surface area contributed by atoms with E-state index in [2.05, 4.69) is 0 Å². The second-order valence-corrected chi connectivity index (χ2v) is 4.83. The Hall–Kier alpha value is -0.890. The Balaban J connectivity index is 2.01. The summed E-state index contributed by atoms with van der Waals surface area (Å²) in [6.45, 7) is 0. The summed E-state index contributed by atoms with van der Waals surface area (Å²) >= 11 is 6.08. The fourth-order valence-electron chi connectivity index (χ4n) is 2.15. The Morgan fingerprint density at radius 2 is 1.81 bits per heavy atom. The Morgan fingerprint density at radius 1 is 1.12 bits per heavy atom. The summed E-state index contributed by atoms with van der Waals surface area (Å²) in [6, 6.07) is 5.44. The molecule has 0 saturated heterocycles. The van der Waals surface area contributed by atoms with Gasteiger partial charge in [-0.05, 0) is 43.9 Å². The summed E-state index contributed by atoms with van der Waals surface area (Å²) in [7, 11) is 0. The fraction of sp³-hybridized carbons (Fsp3) is 0.538. The van der Waals surface area contributed by atoms with Gasteiger partial charge in [0, 0.05) is 5.69 Å². The van der Waals surface area contributed by atoms with Gasteiger partial charge >= 0.3 is 0 Å². The van der Waals surface area contributed by atoms with Crippen molar-refractivity contribution in [3.63, 3.8) is 0 Å². The van der Waals surface area contributed by atoms with Crippen LogP contribution in [0.3, 0.4) is 0 Å². The molecule has 1 aromatic carbocycles. The van der Waals surface area contributed by atoms with Crippen LogP contribution < -0.4 is 10.5 Å². The predicted molar refractivity (Wildman–Crippen MR) is 68.0 cm³/mol. The first-order chi connectivity index (χ1) is 7.75. The summed E-state index contributed by atoms with van der Waals surface area (Å²) in [4.78, 5) is 0. The number of nitrogen functional groups attached to an aromatic ring is 1. The summed E-state index contributed by atoms with van der Waals surface area (Å²) < 4.78 is 5.93. The maximum atomic E-state index is 6.08. The van der Waals surface area contributed by atoms with Gasteiger partial charge in [0.2, 0.25) is 0 Å². The molecule has 0 heterocycles. The van der Waals surface area contributed by atoms with E-state index in [4.69, 9.17) is 22.1 Å². The molecule has 3 heteroatoms. The van der Waals surface area contributed by atoms with E-state index in [9.17, 15) is 0 Å². The van der Waals surface area contributed by atoms with E-state index in [1.165, 1.54) is 25.7 Å². The first-order valence-corrected chi connectivity index (χ1v) is 6.35. The molecule has 1 aliphatic carbocycles. The molecule has 0 aromatic heterocycles. The van der Waals surface area contributed by atoms with E-state index >= 15 is 0 Å². The van der Waals surface area contributed by atoms with Crippen LogP contribution in [0.2, 0.25) is 5.02 Å². The first kappa shape index (κ1) is 11.6. The molecule has 1 aromatic rings. The van der Waals surface area contributed by atoms with Gasteiger partial charge in [0.25, 0.3) is 0 Å². The van der Waals surface area contributed by atoms with E-state index in [0.717, 1.165) is 18.6 Å². The molecule has 0 spiro atoms. The Labute approximate surface area is 102 Å². The third-order valence-corrected chi connectivity index (χ3v) is 3.35. The van der Waals surface area contributed by atoms with Crippen molar-refractivity contribution in [2.75, 3.05) is 5.73 Å². The van der Waals surface area contributed by atoms with Crippen molar-refractivity contribution in [1.29, 1.82) is 0 Å². The zero-order valence-electron chi connectivity index (χ0n) is 9.42. The molecule has 2 rings (SSSR count). The molecule has 1 saturated carbocycles. The van der Waals surface area contributed by atoms with E-state index in [1.54, 1.807) is 6.07 Å². The lowest BCUT2D eigenvalue weighted by Crippen LogP contribution is -2.15. The molecule has 0 unspecified atom stereocenters. The lowest BCUT2D eigenvalue weighted by molar-refractivity contribution is 0.184. The van der Waals surface area contributed by atoms with Crippen molar-refractivity contribution in [2.45, 2.75) is 44.6 Å². The van der Waals surface area contributed by atoms with Crippen molar-refractivity contribution in [3.8, 4) is 5.75 Å². The average Bonchev–Trinajstić information content (AvgIpc) is 2.51. The standard InChI is InChI=1S/C13H18ClNO/c14-12-9-10(15)7-8-13(12)16-11-5-3-1-2-4-6-11/h7-9,11H,1-6,15H2. The van der Waals surface area contributed by atoms with Crippen LogP contribution in [0, 0.1) is 0 Å². The monoisotopic (exact) mass is 239 g/mol. The molecule has 1 aliphatic rings. The van der Waals surface area contributed by atoms with Gasteiger partial charge in [-0.2, -0.15) is 0 Å². The van der Waals surface area contributed by atoms with E-state index < -0.39 is 0 Å². The number of anilines is 1. The van der Waals surface area contributed by atoms with Gasteiger partial charge in [-0.25, -0.2) is 0 Å². The van der Waals surface area contributed by atoms with Crippen LogP contribution >= 0.6 is 11.6 Å². The second kappa shape index (κ2) is 5.44. The fourth-order valence-corrected chi connectivity index (χ4v) is 2.39. The van der Waals surface area contributed by atoms with Crippen LogP contribution in [-0.2, 0) is 0 Å². The van der Waals surface area contributed by atoms with E-state index in [-0.39, 0.29) is 0 Å². The molecular weight excluding hydrogens is 222 g/mol. The highest BCUT2D eigenvalue weighted by Gasteiger charge is 2.14. The number of hydrogen-bond donors (Lipinski definition) is 1. The smallest absolute Gasteiger partial charge is 0.138 e. The highest BCUT2D eigenvalue weighted by molar-refractivity contribution is 6.32. The largest absolute Gasteiger partial charge is 0.489 e. The number of ether oxygens (including phenoxy) is 1. The Bertz CT molecular complexity index is 346. The van der Waals surface area contributed by atoms with Crippen molar-refractivity contribution in [3.05, 3.63) is 23.2 Å². The number of nitrogens with two attached hydrogens (primary N) is 1. The molecule has 0 aliphatic heterocycles. The van der Waals surface area contributed by atoms with Crippen molar-refractivity contribution in [1.82, 2.24) is 0 Å². The minimum Gasteiger partial charge on any atom is -0.489 e. The van der Waals surface area contributed by atoms with Crippen LogP contribution in [-0.4, -0.2) is 6.10 Å². The minimum atomic E-state index is 0.323. The van der Waals surface area contributed by atoms with Gasteiger partial charge in [-0.15, -0.1) is 0 Å². The molecule has 2 N–H and O–H groups in total. The summed E-state index contributed by atoms with van der Waals surface area (Å²) in [6.07, 6.45) is 7.78. The maximum Gasteiger partial charge on any atom is 0.138 e.